The molecule has 4 atom stereocenters. The lowest BCUT2D eigenvalue weighted by Crippen LogP contribution is -2.53. The minimum absolute atomic E-state index is 0.606. The highest BCUT2D eigenvalue weighted by Gasteiger charge is 2.44. The van der Waals surface area contributed by atoms with Crippen molar-refractivity contribution in [3.63, 3.8) is 0 Å². The van der Waals surface area contributed by atoms with Crippen LogP contribution in [0.4, 0.5) is 0 Å². The molecule has 138 valence electrons. The summed E-state index contributed by atoms with van der Waals surface area (Å²) < 4.78 is 2.33. The van der Waals surface area contributed by atoms with Crippen molar-refractivity contribution in [3.05, 3.63) is 60.2 Å². The van der Waals surface area contributed by atoms with Crippen molar-refractivity contribution in [2.75, 3.05) is 40.3 Å². The van der Waals surface area contributed by atoms with Crippen LogP contribution in [0.1, 0.15) is 48.9 Å². The van der Waals surface area contributed by atoms with Crippen molar-refractivity contribution in [1.29, 1.82) is 0 Å². The zero-order valence-electron chi connectivity index (χ0n) is 16.2. The minimum Gasteiger partial charge on any atom is -0.315 e. The van der Waals surface area contributed by atoms with Gasteiger partial charge in [-0.15, -0.1) is 0 Å². The van der Waals surface area contributed by atoms with Gasteiger partial charge in [0.25, 0.3) is 0 Å². The Labute approximate surface area is 157 Å². The van der Waals surface area contributed by atoms with Crippen molar-refractivity contribution < 1.29 is 8.97 Å². The molecule has 4 rings (SSSR count). The molecule has 0 saturated carbocycles. The number of rotatable bonds is 5. The fraction of sp³-hybridized carbons (Fsp3) is 0.545. The van der Waals surface area contributed by atoms with Crippen molar-refractivity contribution in [2.45, 2.75) is 37.8 Å². The lowest BCUT2D eigenvalue weighted by Gasteiger charge is -2.42. The summed E-state index contributed by atoms with van der Waals surface area (Å²) in [6.45, 7) is 5.06. The summed E-state index contributed by atoms with van der Waals surface area (Å²) in [4.78, 5) is 8.75. The number of quaternary nitrogens is 2. The zero-order valence-corrected chi connectivity index (χ0v) is 16.2. The topological polar surface area (TPSA) is 25.8 Å². The smallest absolute Gasteiger partial charge is 0.129 e. The largest absolute Gasteiger partial charge is 0.315 e. The quantitative estimate of drug-likeness (QED) is 0.766. The number of likely N-dealkylation sites (tertiary alicyclic amines) is 2. The Hall–Kier alpha value is -1.78. The van der Waals surface area contributed by atoms with Crippen molar-refractivity contribution in [2.24, 2.45) is 0 Å². The van der Waals surface area contributed by atoms with Gasteiger partial charge in [-0.25, -0.2) is 0 Å². The molecule has 2 aromatic heterocycles. The summed E-state index contributed by atoms with van der Waals surface area (Å²) >= 11 is 0. The van der Waals surface area contributed by atoms with E-state index in [1.807, 2.05) is 12.4 Å². The fourth-order valence-corrected chi connectivity index (χ4v) is 5.42. The lowest BCUT2D eigenvalue weighted by atomic mass is 10.0. The highest BCUT2D eigenvalue weighted by atomic mass is 15.4. The number of nitrogens with zero attached hydrogens (tertiary/aromatic N) is 4. The molecular formula is C22H32N4+2. The standard InChI is InChI=1S/C22H32N4/c1-25(13-5-9-21(25)19-7-3-11-23-17-19)15-16-26(2)14-6-10-22(26)20-8-4-12-24-18-20/h3-4,7-8,11-12,17-18,21-22H,5-6,9-10,13-16H2,1-2H3/q+2/t21-,22+,25?,26?. The summed E-state index contributed by atoms with van der Waals surface area (Å²) in [7, 11) is 4.93. The molecule has 0 radical (unpaired) electrons. The summed E-state index contributed by atoms with van der Waals surface area (Å²) in [6, 6.07) is 9.92. The molecule has 2 aliphatic rings. The number of hydrogen-bond acceptors (Lipinski definition) is 2. The molecule has 0 spiro atoms. The SMILES string of the molecule is C[N+]1(CC[N+]2(C)CCC[C@H]2c2cccnc2)CCC[C@@H]1c1cccnc1. The molecule has 26 heavy (non-hydrogen) atoms. The molecule has 2 saturated heterocycles. The molecule has 4 nitrogen and oxygen atoms in total. The number of likely N-dealkylation sites (N-methyl/N-ethyl adjacent to an activating group) is 2. The van der Waals surface area contributed by atoms with Crippen LogP contribution in [0, 0.1) is 0 Å². The molecular weight excluding hydrogens is 320 g/mol. The van der Waals surface area contributed by atoms with E-state index in [0.29, 0.717) is 12.1 Å². The van der Waals surface area contributed by atoms with Gasteiger partial charge in [0.2, 0.25) is 0 Å². The van der Waals surface area contributed by atoms with E-state index in [-0.39, 0.29) is 0 Å². The number of hydrogen-bond donors (Lipinski definition) is 0. The molecule has 2 unspecified atom stereocenters. The van der Waals surface area contributed by atoms with E-state index in [2.05, 4.69) is 60.7 Å². The summed E-state index contributed by atoms with van der Waals surface area (Å²) in [5, 5.41) is 0. The molecule has 4 heteroatoms. The Morgan fingerprint density at radius 2 is 1.27 bits per heavy atom. The van der Waals surface area contributed by atoms with Gasteiger partial charge < -0.3 is 8.97 Å². The highest BCUT2D eigenvalue weighted by Crippen LogP contribution is 2.40. The van der Waals surface area contributed by atoms with Crippen LogP contribution in [0.2, 0.25) is 0 Å². The first-order chi connectivity index (χ1) is 12.6. The molecule has 0 bridgehead atoms. The van der Waals surface area contributed by atoms with E-state index in [1.165, 1.54) is 72.0 Å². The third-order valence-corrected chi connectivity index (χ3v) is 7.06. The summed E-state index contributed by atoms with van der Waals surface area (Å²) in [5.74, 6) is 0. The van der Waals surface area contributed by atoms with Crippen LogP contribution in [0.5, 0.6) is 0 Å². The molecule has 2 aromatic rings. The molecule has 0 aromatic carbocycles. The Kier molecular flexibility index (Phi) is 4.80. The van der Waals surface area contributed by atoms with Crippen molar-refractivity contribution >= 4 is 0 Å². The van der Waals surface area contributed by atoms with Crippen LogP contribution in [0.15, 0.2) is 49.1 Å². The van der Waals surface area contributed by atoms with Gasteiger partial charge in [0.1, 0.15) is 25.2 Å². The zero-order chi connectivity index (χ0) is 18.0. The van der Waals surface area contributed by atoms with E-state index in [4.69, 9.17) is 0 Å². The second-order valence-electron chi connectivity index (χ2n) is 8.74. The second kappa shape index (κ2) is 7.09. The van der Waals surface area contributed by atoms with Crippen LogP contribution in [0.25, 0.3) is 0 Å². The van der Waals surface area contributed by atoms with Gasteiger partial charge in [0, 0.05) is 61.6 Å². The predicted molar refractivity (Wildman–Crippen MR) is 104 cm³/mol. The van der Waals surface area contributed by atoms with Gasteiger partial charge in [0.15, 0.2) is 0 Å². The average molecular weight is 353 g/mol. The van der Waals surface area contributed by atoms with Gasteiger partial charge in [-0.3, -0.25) is 9.97 Å². The second-order valence-corrected chi connectivity index (χ2v) is 8.74. The normalized spacial score (nSPS) is 34.2. The first-order valence-electron chi connectivity index (χ1n) is 10.1. The number of aromatic nitrogens is 2. The van der Waals surface area contributed by atoms with Gasteiger partial charge in [-0.1, -0.05) is 12.1 Å². The summed E-state index contributed by atoms with van der Waals surface area (Å²) in [5.41, 5.74) is 2.83. The fourth-order valence-electron chi connectivity index (χ4n) is 5.42. The maximum Gasteiger partial charge on any atom is 0.129 e. The van der Waals surface area contributed by atoms with Gasteiger partial charge in [-0.2, -0.15) is 0 Å². The molecule has 0 N–H and O–H groups in total. The van der Waals surface area contributed by atoms with E-state index in [1.54, 1.807) is 0 Å². The van der Waals surface area contributed by atoms with Gasteiger partial charge in [0.05, 0.1) is 27.2 Å². The Morgan fingerprint density at radius 1 is 0.808 bits per heavy atom. The van der Waals surface area contributed by atoms with Crippen LogP contribution in [-0.4, -0.2) is 59.2 Å². The van der Waals surface area contributed by atoms with Crippen LogP contribution in [-0.2, 0) is 0 Å². The van der Waals surface area contributed by atoms with Crippen molar-refractivity contribution in [3.8, 4) is 0 Å². The van der Waals surface area contributed by atoms with Crippen LogP contribution >= 0.6 is 0 Å². The maximum atomic E-state index is 4.38. The van der Waals surface area contributed by atoms with E-state index >= 15 is 0 Å². The molecule has 2 fully saturated rings. The van der Waals surface area contributed by atoms with Gasteiger partial charge >= 0.3 is 0 Å². The monoisotopic (exact) mass is 352 g/mol. The Balaban J connectivity index is 1.50. The van der Waals surface area contributed by atoms with Crippen LogP contribution in [0.3, 0.4) is 0 Å². The Bertz CT molecular complexity index is 656. The Morgan fingerprint density at radius 3 is 1.65 bits per heavy atom. The van der Waals surface area contributed by atoms with Crippen molar-refractivity contribution in [1.82, 2.24) is 9.97 Å². The average Bonchev–Trinajstić information content (AvgIpc) is 3.25. The first-order valence-corrected chi connectivity index (χ1v) is 10.1. The molecule has 0 amide bonds. The van der Waals surface area contributed by atoms with E-state index in [9.17, 15) is 0 Å². The maximum absolute atomic E-state index is 4.38. The molecule has 0 aliphatic carbocycles. The highest BCUT2D eigenvalue weighted by molar-refractivity contribution is 5.14. The predicted octanol–water partition coefficient (Wildman–Crippen LogP) is 3.74. The minimum atomic E-state index is 0.606. The van der Waals surface area contributed by atoms with E-state index in [0.717, 1.165) is 0 Å². The van der Waals surface area contributed by atoms with E-state index < -0.39 is 0 Å². The van der Waals surface area contributed by atoms with Gasteiger partial charge in [-0.05, 0) is 12.1 Å². The number of pyridine rings is 2. The van der Waals surface area contributed by atoms with Crippen LogP contribution < -0.4 is 0 Å². The first kappa shape index (κ1) is 17.6. The third-order valence-electron chi connectivity index (χ3n) is 7.06. The molecule has 2 aliphatic heterocycles. The lowest BCUT2D eigenvalue weighted by molar-refractivity contribution is -0.980. The summed E-state index contributed by atoms with van der Waals surface area (Å²) in [6.07, 6.45) is 13.2. The molecule has 4 heterocycles. The third kappa shape index (κ3) is 3.28.